The second kappa shape index (κ2) is 9.20. The molecule has 4 aromatic rings. The molecule has 0 aliphatic heterocycles. The van der Waals surface area contributed by atoms with Crippen LogP contribution < -0.4 is 4.74 Å². The Bertz CT molecular complexity index is 1150. The molecule has 6 heteroatoms. The number of benzene rings is 3. The van der Waals surface area contributed by atoms with Crippen LogP contribution in [0.3, 0.4) is 0 Å². The largest absolute Gasteiger partial charge is 0.489 e. The van der Waals surface area contributed by atoms with Crippen LogP contribution in [0.2, 0.25) is 5.02 Å². The second-order valence-corrected chi connectivity index (χ2v) is 7.01. The minimum Gasteiger partial charge on any atom is -0.489 e. The van der Waals surface area contributed by atoms with E-state index in [1.807, 2.05) is 48.5 Å². The van der Waals surface area contributed by atoms with Gasteiger partial charge in [0.05, 0.1) is 5.69 Å². The highest BCUT2D eigenvalue weighted by Crippen LogP contribution is 2.17. The Hall–Kier alpha value is -3.70. The van der Waals surface area contributed by atoms with Gasteiger partial charge in [0.15, 0.2) is 5.78 Å². The number of carbonyl (C=O) groups excluding carboxylic acids is 1. The Morgan fingerprint density at radius 3 is 2.53 bits per heavy atom. The molecule has 0 radical (unpaired) electrons. The van der Waals surface area contributed by atoms with Gasteiger partial charge in [0, 0.05) is 10.6 Å². The van der Waals surface area contributed by atoms with Crippen LogP contribution in [0, 0.1) is 0 Å². The maximum absolute atomic E-state index is 12.4. The standard InChI is InChI=1S/C24H18ClN3O2/c25-21-3-1-2-19(14-21)15-30-23-11-7-20(8-12-23)24(29)13-6-18-4-9-22(10-5-18)28-17-26-16-27-28/h1-14,16-17H,15H2/b13-6+. The lowest BCUT2D eigenvalue weighted by molar-refractivity contribution is 0.104. The third-order valence-corrected chi connectivity index (χ3v) is 4.67. The predicted octanol–water partition coefficient (Wildman–Crippen LogP) is 5.40. The summed E-state index contributed by atoms with van der Waals surface area (Å²) in [6.45, 7) is 0.415. The fourth-order valence-corrected chi connectivity index (χ4v) is 3.07. The van der Waals surface area contributed by atoms with Crippen molar-refractivity contribution in [3.8, 4) is 11.4 Å². The zero-order chi connectivity index (χ0) is 20.8. The van der Waals surface area contributed by atoms with Gasteiger partial charge in [0.2, 0.25) is 0 Å². The molecule has 0 atom stereocenters. The normalized spacial score (nSPS) is 11.0. The van der Waals surface area contributed by atoms with E-state index in [0.29, 0.717) is 22.9 Å². The Morgan fingerprint density at radius 2 is 1.83 bits per heavy atom. The lowest BCUT2D eigenvalue weighted by atomic mass is 10.1. The molecule has 0 fully saturated rings. The smallest absolute Gasteiger partial charge is 0.185 e. The molecule has 4 rings (SSSR count). The average molecular weight is 416 g/mol. The van der Waals surface area contributed by atoms with Crippen LogP contribution >= 0.6 is 11.6 Å². The van der Waals surface area contributed by atoms with Gasteiger partial charge in [-0.15, -0.1) is 0 Å². The maximum atomic E-state index is 12.4. The first-order chi connectivity index (χ1) is 14.7. The van der Waals surface area contributed by atoms with Crippen molar-refractivity contribution in [2.24, 2.45) is 0 Å². The summed E-state index contributed by atoms with van der Waals surface area (Å²) < 4.78 is 7.43. The Morgan fingerprint density at radius 1 is 1.03 bits per heavy atom. The first kappa shape index (κ1) is 19.6. The number of ketones is 1. The van der Waals surface area contributed by atoms with Crippen LogP contribution in [0.1, 0.15) is 21.5 Å². The zero-order valence-electron chi connectivity index (χ0n) is 16.0. The van der Waals surface area contributed by atoms with E-state index in [4.69, 9.17) is 16.3 Å². The number of nitrogens with zero attached hydrogens (tertiary/aromatic N) is 3. The number of allylic oxidation sites excluding steroid dienone is 1. The molecule has 3 aromatic carbocycles. The molecular formula is C24H18ClN3O2. The fourth-order valence-electron chi connectivity index (χ4n) is 2.86. The lowest BCUT2D eigenvalue weighted by Gasteiger charge is -2.07. The van der Waals surface area contributed by atoms with Gasteiger partial charge in [-0.1, -0.05) is 41.9 Å². The molecule has 0 N–H and O–H groups in total. The molecule has 0 aliphatic carbocycles. The lowest BCUT2D eigenvalue weighted by Crippen LogP contribution is -1.97. The topological polar surface area (TPSA) is 57.0 Å². The van der Waals surface area contributed by atoms with E-state index in [1.54, 1.807) is 47.4 Å². The van der Waals surface area contributed by atoms with Gasteiger partial charge < -0.3 is 4.74 Å². The number of carbonyl (C=O) groups is 1. The zero-order valence-corrected chi connectivity index (χ0v) is 16.7. The molecule has 0 unspecified atom stereocenters. The number of aromatic nitrogens is 3. The van der Waals surface area contributed by atoms with Crippen LogP contribution in [0.25, 0.3) is 11.8 Å². The second-order valence-electron chi connectivity index (χ2n) is 6.57. The van der Waals surface area contributed by atoms with Gasteiger partial charge in [-0.25, -0.2) is 9.67 Å². The highest BCUT2D eigenvalue weighted by molar-refractivity contribution is 6.30. The van der Waals surface area contributed by atoms with Crippen molar-refractivity contribution < 1.29 is 9.53 Å². The molecule has 0 saturated heterocycles. The maximum Gasteiger partial charge on any atom is 0.185 e. The molecule has 0 saturated carbocycles. The van der Waals surface area contributed by atoms with Crippen molar-refractivity contribution in [1.29, 1.82) is 0 Å². The molecule has 1 heterocycles. The summed E-state index contributed by atoms with van der Waals surface area (Å²) in [7, 11) is 0. The summed E-state index contributed by atoms with van der Waals surface area (Å²) >= 11 is 5.98. The Labute approximate surface area is 179 Å². The van der Waals surface area contributed by atoms with Gasteiger partial charge in [-0.2, -0.15) is 5.10 Å². The quantitative estimate of drug-likeness (QED) is 0.299. The number of hydrogen-bond acceptors (Lipinski definition) is 4. The SMILES string of the molecule is O=C(/C=C/c1ccc(-n2cncn2)cc1)c1ccc(OCc2cccc(Cl)c2)cc1. The molecule has 0 spiro atoms. The molecule has 0 aliphatic rings. The van der Waals surface area contributed by atoms with Gasteiger partial charge in [0.25, 0.3) is 0 Å². The van der Waals surface area contributed by atoms with E-state index >= 15 is 0 Å². The van der Waals surface area contributed by atoms with Crippen molar-refractivity contribution in [3.05, 3.63) is 113 Å². The number of hydrogen-bond donors (Lipinski definition) is 0. The monoisotopic (exact) mass is 415 g/mol. The summed E-state index contributed by atoms with van der Waals surface area (Å²) in [5.74, 6) is 0.621. The van der Waals surface area contributed by atoms with Crippen LogP contribution in [0.15, 0.2) is 91.5 Å². The molecule has 148 valence electrons. The molecule has 30 heavy (non-hydrogen) atoms. The van der Waals surface area contributed by atoms with E-state index in [-0.39, 0.29) is 5.78 Å². The number of rotatable bonds is 7. The van der Waals surface area contributed by atoms with Crippen LogP contribution in [-0.4, -0.2) is 20.5 Å². The van der Waals surface area contributed by atoms with Crippen LogP contribution in [0.5, 0.6) is 5.75 Å². The summed E-state index contributed by atoms with van der Waals surface area (Å²) in [6.07, 6.45) is 6.47. The average Bonchev–Trinajstić information content (AvgIpc) is 3.32. The predicted molar refractivity (Wildman–Crippen MR) is 117 cm³/mol. The third-order valence-electron chi connectivity index (χ3n) is 4.44. The van der Waals surface area contributed by atoms with E-state index in [0.717, 1.165) is 16.8 Å². The number of halogens is 1. The van der Waals surface area contributed by atoms with E-state index < -0.39 is 0 Å². The first-order valence-electron chi connectivity index (χ1n) is 9.32. The minimum atomic E-state index is -0.0725. The third kappa shape index (κ3) is 5.01. The summed E-state index contributed by atoms with van der Waals surface area (Å²) in [4.78, 5) is 16.4. The van der Waals surface area contributed by atoms with Gasteiger partial charge in [-0.05, 0) is 65.7 Å². The highest BCUT2D eigenvalue weighted by Gasteiger charge is 2.03. The highest BCUT2D eigenvalue weighted by atomic mass is 35.5. The fraction of sp³-hybridized carbons (Fsp3) is 0.0417. The Kier molecular flexibility index (Phi) is 6.01. The van der Waals surface area contributed by atoms with Crippen molar-refractivity contribution in [2.45, 2.75) is 6.61 Å². The van der Waals surface area contributed by atoms with Crippen LogP contribution in [-0.2, 0) is 6.61 Å². The molecule has 1 aromatic heterocycles. The van der Waals surface area contributed by atoms with Crippen molar-refractivity contribution in [3.63, 3.8) is 0 Å². The van der Waals surface area contributed by atoms with E-state index in [1.165, 1.54) is 6.33 Å². The summed E-state index contributed by atoms with van der Waals surface area (Å²) in [6, 6.07) is 22.3. The molecule has 0 bridgehead atoms. The first-order valence-corrected chi connectivity index (χ1v) is 9.70. The molecule has 5 nitrogen and oxygen atoms in total. The van der Waals surface area contributed by atoms with Gasteiger partial charge in [-0.3, -0.25) is 4.79 Å². The molecular weight excluding hydrogens is 398 g/mol. The van der Waals surface area contributed by atoms with Gasteiger partial charge >= 0.3 is 0 Å². The number of ether oxygens (including phenoxy) is 1. The van der Waals surface area contributed by atoms with Crippen molar-refractivity contribution >= 4 is 23.5 Å². The molecule has 0 amide bonds. The Balaban J connectivity index is 1.35. The van der Waals surface area contributed by atoms with Crippen molar-refractivity contribution in [2.75, 3.05) is 0 Å². The summed E-state index contributed by atoms with van der Waals surface area (Å²) in [5, 5.41) is 4.77. The summed E-state index contributed by atoms with van der Waals surface area (Å²) in [5.41, 5.74) is 3.42. The minimum absolute atomic E-state index is 0.0725. The van der Waals surface area contributed by atoms with Gasteiger partial charge in [0.1, 0.15) is 25.0 Å². The van der Waals surface area contributed by atoms with Crippen LogP contribution in [0.4, 0.5) is 0 Å². The van der Waals surface area contributed by atoms with E-state index in [9.17, 15) is 4.79 Å². The van der Waals surface area contributed by atoms with Crippen molar-refractivity contribution in [1.82, 2.24) is 14.8 Å². The van der Waals surface area contributed by atoms with E-state index in [2.05, 4.69) is 10.1 Å².